The Morgan fingerprint density at radius 1 is 1.32 bits per heavy atom. The van der Waals surface area contributed by atoms with E-state index in [-0.39, 0.29) is 36.5 Å². The normalized spacial score (nSPS) is 19.4. The highest BCUT2D eigenvalue weighted by molar-refractivity contribution is 7.80. The van der Waals surface area contributed by atoms with Gasteiger partial charge >= 0.3 is 11.9 Å². The molecule has 0 saturated carbocycles. The van der Waals surface area contributed by atoms with Crippen molar-refractivity contribution in [2.45, 2.75) is 44.9 Å². The molecule has 37 heavy (non-hydrogen) atoms. The molecule has 1 fully saturated rings. The van der Waals surface area contributed by atoms with Crippen LogP contribution in [0.1, 0.15) is 37.6 Å². The van der Waals surface area contributed by atoms with Crippen LogP contribution in [0.3, 0.4) is 0 Å². The Morgan fingerprint density at radius 3 is 2.59 bits per heavy atom. The zero-order valence-corrected chi connectivity index (χ0v) is 20.7. The predicted molar refractivity (Wildman–Crippen MR) is 131 cm³/mol. The van der Waals surface area contributed by atoms with Gasteiger partial charge in [0.05, 0.1) is 6.10 Å². The zero-order valence-electron chi connectivity index (χ0n) is 19.8. The van der Waals surface area contributed by atoms with Crippen LogP contribution in [-0.4, -0.2) is 45.9 Å². The van der Waals surface area contributed by atoms with E-state index in [1.54, 1.807) is 43.1 Å². The van der Waals surface area contributed by atoms with E-state index in [1.807, 2.05) is 0 Å². The third kappa shape index (κ3) is 7.06. The van der Waals surface area contributed by atoms with Crippen LogP contribution in [0.15, 0.2) is 40.1 Å². The number of carbonyl (C=O) groups excluding carboxylic acids is 1. The first-order valence-electron chi connectivity index (χ1n) is 11.1. The molecule has 1 aromatic heterocycles. The van der Waals surface area contributed by atoms with E-state index in [2.05, 4.69) is 11.2 Å². The number of nitrogens with zero attached hydrogens (tertiary/aromatic N) is 1. The average Bonchev–Trinajstić information content (AvgIpc) is 3.23. The molecule has 3 rings (SSSR count). The first-order valence-corrected chi connectivity index (χ1v) is 11.5. The first kappa shape index (κ1) is 28.1. The zero-order chi connectivity index (χ0) is 27.3. The Hall–Kier alpha value is -3.47. The van der Waals surface area contributed by atoms with Crippen LogP contribution in [0.2, 0.25) is 0 Å². The van der Waals surface area contributed by atoms with E-state index >= 15 is 0 Å². The van der Waals surface area contributed by atoms with Crippen LogP contribution in [0.5, 0.6) is 0 Å². The number of amides is 1. The fourth-order valence-electron chi connectivity index (χ4n) is 3.47. The number of H-pyrrole nitrogens is 1. The third-order valence-electron chi connectivity index (χ3n) is 5.44. The van der Waals surface area contributed by atoms with Crippen molar-refractivity contribution in [1.82, 2.24) is 9.55 Å². The lowest BCUT2D eigenvalue weighted by Gasteiger charge is -2.19. The van der Waals surface area contributed by atoms with E-state index in [1.165, 1.54) is 0 Å². The second-order valence-corrected chi connectivity index (χ2v) is 8.82. The largest absolute Gasteiger partial charge is 0.480 e. The summed E-state index contributed by atoms with van der Waals surface area (Å²) in [6.45, 7) is 3.28. The van der Waals surface area contributed by atoms with Crippen LogP contribution in [0.4, 0.5) is 18.9 Å². The maximum atomic E-state index is 13.2. The van der Waals surface area contributed by atoms with E-state index in [0.717, 1.165) is 0 Å². The lowest BCUT2D eigenvalue weighted by atomic mass is 10.1. The number of nitrogens with one attached hydrogen (secondary N) is 2. The van der Waals surface area contributed by atoms with Gasteiger partial charge in [0.25, 0.3) is 5.56 Å². The number of halogens is 3. The van der Waals surface area contributed by atoms with Gasteiger partial charge in [-0.25, -0.2) is 4.79 Å². The number of aromatic amines is 1. The molecule has 13 heteroatoms. The van der Waals surface area contributed by atoms with Crippen molar-refractivity contribution >= 4 is 28.9 Å². The molecule has 0 unspecified atom stereocenters. The molecule has 3 atom stereocenters. The molecule has 2 heterocycles. The van der Waals surface area contributed by atoms with Crippen LogP contribution in [-0.2, 0) is 25.2 Å². The third-order valence-corrected chi connectivity index (χ3v) is 5.79. The number of benzene rings is 1. The highest BCUT2D eigenvalue weighted by Crippen LogP contribution is 2.32. The minimum atomic E-state index is -4.97. The average molecular weight is 540 g/mol. The Kier molecular flexibility index (Phi) is 8.90. The number of anilines is 1. The second kappa shape index (κ2) is 11.7. The molecule has 1 aromatic carbocycles. The van der Waals surface area contributed by atoms with Crippen molar-refractivity contribution in [3.05, 3.63) is 62.4 Å². The quantitative estimate of drug-likeness (QED) is 0.392. The van der Waals surface area contributed by atoms with E-state index in [4.69, 9.17) is 32.9 Å². The summed E-state index contributed by atoms with van der Waals surface area (Å²) in [4.78, 5) is 37.3. The highest BCUT2D eigenvalue weighted by Gasteiger charge is 2.40. The number of ether oxygens (including phenoxy) is 3. The molecule has 198 valence electrons. The molecule has 0 aliphatic carbocycles. The van der Waals surface area contributed by atoms with Gasteiger partial charge in [0.1, 0.15) is 31.1 Å². The molecule has 9 nitrogen and oxygen atoms in total. The highest BCUT2D eigenvalue weighted by atomic mass is 32.1. The molecule has 1 aliphatic rings. The SMILES string of the molecule is C#CCO[C@H]1C[C@H](n2cc(C(F)(F)F)c(=O)[nH]c2=O)O[C@@H]1COC(=S)c1ccc(NC(=O)C(C)C)cc1. The molecule has 1 aliphatic heterocycles. The van der Waals surface area contributed by atoms with E-state index in [0.29, 0.717) is 22.0 Å². The summed E-state index contributed by atoms with van der Waals surface area (Å²) >= 11 is 5.31. The van der Waals surface area contributed by atoms with Crippen molar-refractivity contribution in [3.63, 3.8) is 0 Å². The number of carbonyl (C=O) groups is 1. The maximum absolute atomic E-state index is 13.2. The number of rotatable bonds is 8. The number of thiocarbonyl (C=S) groups is 1. The Balaban J connectivity index is 1.71. The van der Waals surface area contributed by atoms with Crippen molar-refractivity contribution in [2.24, 2.45) is 5.92 Å². The lowest BCUT2D eigenvalue weighted by molar-refractivity contribution is -0.139. The van der Waals surface area contributed by atoms with Crippen molar-refractivity contribution in [1.29, 1.82) is 0 Å². The fraction of sp³-hybridized carbons (Fsp3) is 0.417. The van der Waals surface area contributed by atoms with Gasteiger partial charge in [-0.05, 0) is 36.5 Å². The fourth-order valence-corrected chi connectivity index (χ4v) is 3.67. The molecular weight excluding hydrogens is 515 g/mol. The lowest BCUT2D eigenvalue weighted by Crippen LogP contribution is -2.36. The standard InChI is InChI=1S/C24H24F3N3O6S/c1-4-9-34-17-10-19(30-11-16(24(25,26)27)21(32)29-23(30)33)36-18(17)12-35-22(37)14-5-7-15(8-6-14)28-20(31)13(2)3/h1,5-8,11,13,17-19H,9-10,12H2,2-3H3,(H,28,31)(H,29,32,33)/t17-,18+,19+/m0/s1. The second-order valence-electron chi connectivity index (χ2n) is 8.45. The van der Waals surface area contributed by atoms with Crippen molar-refractivity contribution in [2.75, 3.05) is 18.5 Å². The number of alkyl halides is 3. The Morgan fingerprint density at radius 2 is 2.00 bits per heavy atom. The van der Waals surface area contributed by atoms with Gasteiger partial charge in [0, 0.05) is 29.8 Å². The molecule has 2 aromatic rings. The topological polar surface area (TPSA) is 112 Å². The van der Waals surface area contributed by atoms with E-state index < -0.39 is 41.4 Å². The monoisotopic (exact) mass is 539 g/mol. The summed E-state index contributed by atoms with van der Waals surface area (Å²) < 4.78 is 57.2. The summed E-state index contributed by atoms with van der Waals surface area (Å²) in [5.41, 5.74) is -3.03. The summed E-state index contributed by atoms with van der Waals surface area (Å²) in [7, 11) is 0. The van der Waals surface area contributed by atoms with Crippen LogP contribution < -0.4 is 16.6 Å². The Bertz CT molecular complexity index is 1300. The van der Waals surface area contributed by atoms with Gasteiger partial charge in [-0.15, -0.1) is 6.42 Å². The van der Waals surface area contributed by atoms with Gasteiger partial charge in [-0.1, -0.05) is 19.8 Å². The summed E-state index contributed by atoms with van der Waals surface area (Å²) in [5, 5.41) is 2.86. The number of hydrogen-bond donors (Lipinski definition) is 2. The van der Waals surface area contributed by atoms with Gasteiger partial charge in [0.2, 0.25) is 5.91 Å². The van der Waals surface area contributed by atoms with Crippen molar-refractivity contribution in [3.8, 4) is 12.3 Å². The predicted octanol–water partition coefficient (Wildman–Crippen LogP) is 2.85. The smallest absolute Gasteiger partial charge is 0.423 e. The number of terminal acetylenes is 1. The van der Waals surface area contributed by atoms with Gasteiger partial charge in [0.15, 0.2) is 5.05 Å². The summed E-state index contributed by atoms with van der Waals surface area (Å²) in [5.74, 6) is 1.97. The summed E-state index contributed by atoms with van der Waals surface area (Å²) in [6, 6.07) is 6.63. The number of aromatic nitrogens is 2. The molecule has 1 saturated heterocycles. The molecule has 0 radical (unpaired) electrons. The summed E-state index contributed by atoms with van der Waals surface area (Å²) in [6.07, 6.45) is -2.09. The molecular formula is C24H24F3N3O6S. The minimum Gasteiger partial charge on any atom is -0.480 e. The van der Waals surface area contributed by atoms with Gasteiger partial charge in [-0.3, -0.25) is 19.1 Å². The molecule has 2 N–H and O–H groups in total. The van der Waals surface area contributed by atoms with Crippen molar-refractivity contribution < 1.29 is 32.2 Å². The van der Waals surface area contributed by atoms with Crippen LogP contribution >= 0.6 is 12.2 Å². The van der Waals surface area contributed by atoms with E-state index in [9.17, 15) is 27.6 Å². The molecule has 1 amide bonds. The first-order chi connectivity index (χ1) is 17.4. The van der Waals surface area contributed by atoms with Gasteiger partial charge in [-0.2, -0.15) is 13.2 Å². The van der Waals surface area contributed by atoms with Crippen LogP contribution in [0.25, 0.3) is 0 Å². The molecule has 0 bridgehead atoms. The number of hydrogen-bond acceptors (Lipinski definition) is 7. The maximum Gasteiger partial charge on any atom is 0.423 e. The Labute approximate surface area is 214 Å². The molecule has 0 spiro atoms. The minimum absolute atomic E-state index is 0.0318. The van der Waals surface area contributed by atoms with Crippen LogP contribution in [0, 0.1) is 18.3 Å². The van der Waals surface area contributed by atoms with Gasteiger partial charge < -0.3 is 19.5 Å².